The molecule has 1 aromatic heterocycles. The van der Waals surface area contributed by atoms with Crippen LogP contribution in [0.25, 0.3) is 0 Å². The van der Waals surface area contributed by atoms with Crippen LogP contribution in [-0.4, -0.2) is 5.11 Å². The minimum atomic E-state index is -1.43. The van der Waals surface area contributed by atoms with Crippen LogP contribution >= 0.6 is 27.3 Å². The predicted molar refractivity (Wildman–Crippen MR) is 71.7 cm³/mol. The van der Waals surface area contributed by atoms with Crippen LogP contribution in [0.3, 0.4) is 0 Å². The number of hydrogen-bond acceptors (Lipinski definition) is 2. The third kappa shape index (κ3) is 2.79. The SMILES string of the molecule is CC(O)(Cc1ccc(Br)s1)c1cccc(F)c1F. The molecule has 0 aliphatic rings. The van der Waals surface area contributed by atoms with Gasteiger partial charge >= 0.3 is 0 Å². The Morgan fingerprint density at radius 2 is 2.00 bits per heavy atom. The molecule has 1 atom stereocenters. The van der Waals surface area contributed by atoms with E-state index in [0.29, 0.717) is 0 Å². The molecule has 0 saturated heterocycles. The second-order valence-electron chi connectivity index (χ2n) is 4.26. The van der Waals surface area contributed by atoms with E-state index in [1.54, 1.807) is 0 Å². The molecule has 0 saturated carbocycles. The smallest absolute Gasteiger partial charge is 0.164 e. The molecule has 1 aromatic carbocycles. The molecular formula is C13H11BrF2OS. The lowest BCUT2D eigenvalue weighted by Crippen LogP contribution is -2.25. The molecule has 0 amide bonds. The van der Waals surface area contributed by atoms with Gasteiger partial charge in [0.05, 0.1) is 9.39 Å². The maximum Gasteiger partial charge on any atom is 0.164 e. The Bertz CT molecular complexity index is 566. The average Bonchev–Trinajstić information content (AvgIpc) is 2.67. The Balaban J connectivity index is 2.33. The van der Waals surface area contributed by atoms with Gasteiger partial charge < -0.3 is 5.11 Å². The largest absolute Gasteiger partial charge is 0.385 e. The summed E-state index contributed by atoms with van der Waals surface area (Å²) in [6, 6.07) is 7.54. The molecule has 0 bridgehead atoms. The van der Waals surface area contributed by atoms with Crippen LogP contribution in [0.1, 0.15) is 17.4 Å². The second kappa shape index (κ2) is 5.07. The molecule has 0 spiro atoms. The van der Waals surface area contributed by atoms with Crippen LogP contribution in [0.5, 0.6) is 0 Å². The van der Waals surface area contributed by atoms with Gasteiger partial charge in [-0.2, -0.15) is 0 Å². The van der Waals surface area contributed by atoms with Crippen LogP contribution in [0.2, 0.25) is 0 Å². The fourth-order valence-corrected chi connectivity index (χ4v) is 3.43. The van der Waals surface area contributed by atoms with E-state index in [1.807, 2.05) is 12.1 Å². The summed E-state index contributed by atoms with van der Waals surface area (Å²) in [5.41, 5.74) is -1.46. The molecule has 96 valence electrons. The van der Waals surface area contributed by atoms with Crippen molar-refractivity contribution in [2.45, 2.75) is 18.9 Å². The summed E-state index contributed by atoms with van der Waals surface area (Å²) in [5, 5.41) is 10.3. The third-order valence-corrected chi connectivity index (χ3v) is 4.30. The van der Waals surface area contributed by atoms with Crippen LogP contribution in [-0.2, 0) is 12.0 Å². The number of rotatable bonds is 3. The maximum atomic E-state index is 13.7. The summed E-state index contributed by atoms with van der Waals surface area (Å²) in [6.07, 6.45) is 0.240. The first-order chi connectivity index (χ1) is 8.40. The average molecular weight is 333 g/mol. The number of halogens is 3. The van der Waals surface area contributed by atoms with Crippen molar-refractivity contribution >= 4 is 27.3 Å². The van der Waals surface area contributed by atoms with E-state index in [1.165, 1.54) is 30.4 Å². The number of aliphatic hydroxyl groups is 1. The summed E-state index contributed by atoms with van der Waals surface area (Å²) in [4.78, 5) is 0.899. The van der Waals surface area contributed by atoms with Crippen LogP contribution in [0.15, 0.2) is 34.1 Å². The van der Waals surface area contributed by atoms with E-state index in [2.05, 4.69) is 15.9 Å². The highest BCUT2D eigenvalue weighted by atomic mass is 79.9. The van der Waals surface area contributed by atoms with Crippen molar-refractivity contribution in [2.24, 2.45) is 0 Å². The lowest BCUT2D eigenvalue weighted by molar-refractivity contribution is 0.0539. The fraction of sp³-hybridized carbons (Fsp3) is 0.231. The molecule has 1 heterocycles. The fourth-order valence-electron chi connectivity index (χ4n) is 1.80. The van der Waals surface area contributed by atoms with E-state index in [9.17, 15) is 13.9 Å². The minimum Gasteiger partial charge on any atom is -0.385 e. The first-order valence-electron chi connectivity index (χ1n) is 5.31. The standard InChI is InChI=1S/C13H11BrF2OS/c1-13(17,7-8-5-6-11(14)18-8)9-3-2-4-10(15)12(9)16/h2-6,17H,7H2,1H3. The first-order valence-corrected chi connectivity index (χ1v) is 6.92. The Morgan fingerprint density at radius 1 is 1.28 bits per heavy atom. The highest BCUT2D eigenvalue weighted by molar-refractivity contribution is 9.11. The molecule has 0 aliphatic carbocycles. The van der Waals surface area contributed by atoms with Crippen LogP contribution in [0, 0.1) is 11.6 Å². The summed E-state index contributed by atoms with van der Waals surface area (Å²) in [7, 11) is 0. The van der Waals surface area contributed by atoms with Crippen molar-refractivity contribution in [1.82, 2.24) is 0 Å². The zero-order chi connectivity index (χ0) is 13.3. The monoisotopic (exact) mass is 332 g/mol. The summed E-state index contributed by atoms with van der Waals surface area (Å²) < 4.78 is 27.8. The van der Waals surface area contributed by atoms with Gasteiger partial charge in [0.2, 0.25) is 0 Å². The van der Waals surface area contributed by atoms with Gasteiger partial charge in [-0.1, -0.05) is 12.1 Å². The molecular weight excluding hydrogens is 322 g/mol. The Labute approximate surface area is 116 Å². The van der Waals surface area contributed by atoms with Gasteiger partial charge in [0.15, 0.2) is 11.6 Å². The highest BCUT2D eigenvalue weighted by Crippen LogP contribution is 2.32. The van der Waals surface area contributed by atoms with E-state index >= 15 is 0 Å². The van der Waals surface area contributed by atoms with Crippen molar-refractivity contribution in [3.05, 3.63) is 56.2 Å². The maximum absolute atomic E-state index is 13.7. The van der Waals surface area contributed by atoms with Crippen molar-refractivity contribution < 1.29 is 13.9 Å². The van der Waals surface area contributed by atoms with Crippen molar-refractivity contribution in [3.8, 4) is 0 Å². The topological polar surface area (TPSA) is 20.2 Å². The highest BCUT2D eigenvalue weighted by Gasteiger charge is 2.28. The third-order valence-electron chi connectivity index (χ3n) is 2.68. The van der Waals surface area contributed by atoms with E-state index in [-0.39, 0.29) is 12.0 Å². The van der Waals surface area contributed by atoms with E-state index < -0.39 is 17.2 Å². The van der Waals surface area contributed by atoms with Gasteiger partial charge in [-0.05, 0) is 41.1 Å². The molecule has 0 radical (unpaired) electrons. The Hall–Kier alpha value is -0.780. The van der Waals surface area contributed by atoms with Gasteiger partial charge in [-0.3, -0.25) is 0 Å². The first kappa shape index (κ1) is 13.6. The van der Waals surface area contributed by atoms with Crippen LogP contribution in [0.4, 0.5) is 8.78 Å². The van der Waals surface area contributed by atoms with Crippen molar-refractivity contribution in [1.29, 1.82) is 0 Å². The van der Waals surface area contributed by atoms with Gasteiger partial charge in [0.25, 0.3) is 0 Å². The second-order valence-corrected chi connectivity index (χ2v) is 6.81. The Kier molecular flexibility index (Phi) is 3.84. The molecule has 1 unspecified atom stereocenters. The normalized spacial score (nSPS) is 14.5. The van der Waals surface area contributed by atoms with Gasteiger partial charge in [-0.15, -0.1) is 11.3 Å². The van der Waals surface area contributed by atoms with Gasteiger partial charge in [0, 0.05) is 16.9 Å². The molecule has 2 aromatic rings. The number of hydrogen-bond donors (Lipinski definition) is 1. The number of benzene rings is 1. The summed E-state index contributed by atoms with van der Waals surface area (Å²) in [6.45, 7) is 1.48. The molecule has 1 nitrogen and oxygen atoms in total. The molecule has 0 fully saturated rings. The zero-order valence-corrected chi connectivity index (χ0v) is 12.0. The quantitative estimate of drug-likeness (QED) is 0.891. The number of thiophene rings is 1. The summed E-state index contributed by atoms with van der Waals surface area (Å²) in [5.74, 6) is -1.93. The molecule has 2 rings (SSSR count). The van der Waals surface area contributed by atoms with Gasteiger partial charge in [0.1, 0.15) is 0 Å². The minimum absolute atomic E-state index is 0.0213. The van der Waals surface area contributed by atoms with Crippen molar-refractivity contribution in [2.75, 3.05) is 0 Å². The van der Waals surface area contributed by atoms with Crippen LogP contribution < -0.4 is 0 Å². The molecule has 1 N–H and O–H groups in total. The zero-order valence-electron chi connectivity index (χ0n) is 9.58. The molecule has 5 heteroatoms. The van der Waals surface area contributed by atoms with Crippen molar-refractivity contribution in [3.63, 3.8) is 0 Å². The van der Waals surface area contributed by atoms with E-state index in [0.717, 1.165) is 14.7 Å². The lowest BCUT2D eigenvalue weighted by Gasteiger charge is -2.23. The molecule has 0 aliphatic heterocycles. The van der Waals surface area contributed by atoms with Gasteiger partial charge in [-0.25, -0.2) is 8.78 Å². The molecule has 18 heavy (non-hydrogen) atoms. The predicted octanol–water partition coefficient (Wildman–Crippen LogP) is 4.24. The Morgan fingerprint density at radius 3 is 2.61 bits per heavy atom. The lowest BCUT2D eigenvalue weighted by atomic mass is 9.91. The van der Waals surface area contributed by atoms with E-state index in [4.69, 9.17) is 0 Å². The summed E-state index contributed by atoms with van der Waals surface area (Å²) >= 11 is 4.78.